The van der Waals surface area contributed by atoms with Gasteiger partial charge in [-0.1, -0.05) is 6.07 Å². The molecule has 0 saturated heterocycles. The molecule has 1 N–H and O–H groups in total. The maximum Gasteiger partial charge on any atom is 0.119 e. The zero-order valence-electron chi connectivity index (χ0n) is 12.0. The Hall–Kier alpha value is -1.06. The van der Waals surface area contributed by atoms with Crippen LogP contribution in [-0.2, 0) is 6.42 Å². The largest absolute Gasteiger partial charge is 0.497 e. The van der Waals surface area contributed by atoms with Gasteiger partial charge in [0.05, 0.1) is 7.11 Å². The third-order valence-electron chi connectivity index (χ3n) is 4.46. The lowest BCUT2D eigenvalue weighted by atomic mass is 10.1. The van der Waals surface area contributed by atoms with Crippen LogP contribution in [0, 0.1) is 0 Å². The first kappa shape index (κ1) is 12.9. The summed E-state index contributed by atoms with van der Waals surface area (Å²) in [5.41, 5.74) is 2.92. The Balaban J connectivity index is 1.55. The summed E-state index contributed by atoms with van der Waals surface area (Å²) in [6.07, 6.45) is 5.19. The van der Waals surface area contributed by atoms with Crippen LogP contribution in [0.25, 0.3) is 0 Å². The summed E-state index contributed by atoms with van der Waals surface area (Å²) in [5.74, 6) is 0.975. The third kappa shape index (κ3) is 2.93. The van der Waals surface area contributed by atoms with Crippen LogP contribution in [0.2, 0.25) is 0 Å². The Labute approximate surface area is 115 Å². The lowest BCUT2D eigenvalue weighted by Gasteiger charge is -2.19. The Kier molecular flexibility index (Phi) is 3.76. The van der Waals surface area contributed by atoms with Crippen LogP contribution in [0.1, 0.15) is 36.4 Å². The first-order valence-corrected chi connectivity index (χ1v) is 7.38. The molecule has 1 atom stereocenters. The number of ether oxygens (including phenoxy) is 1. The molecule has 0 aromatic heterocycles. The number of aryl methyl sites for hydroxylation is 1. The second-order valence-electron chi connectivity index (χ2n) is 5.82. The first-order chi connectivity index (χ1) is 9.28. The van der Waals surface area contributed by atoms with Crippen LogP contribution in [-0.4, -0.2) is 38.2 Å². The lowest BCUT2D eigenvalue weighted by Crippen LogP contribution is -2.32. The zero-order valence-corrected chi connectivity index (χ0v) is 12.0. The number of methoxy groups -OCH3 is 1. The van der Waals surface area contributed by atoms with Gasteiger partial charge in [-0.3, -0.25) is 0 Å². The van der Waals surface area contributed by atoms with Gasteiger partial charge in [0.1, 0.15) is 5.75 Å². The molecule has 19 heavy (non-hydrogen) atoms. The van der Waals surface area contributed by atoms with Gasteiger partial charge >= 0.3 is 0 Å². The fourth-order valence-corrected chi connectivity index (χ4v) is 3.03. The van der Waals surface area contributed by atoms with Crippen molar-refractivity contribution in [2.45, 2.75) is 37.8 Å². The van der Waals surface area contributed by atoms with Crippen molar-refractivity contribution in [1.82, 2.24) is 10.2 Å². The smallest absolute Gasteiger partial charge is 0.119 e. The van der Waals surface area contributed by atoms with E-state index in [-0.39, 0.29) is 0 Å². The fraction of sp³-hybridized carbons (Fsp3) is 0.625. The van der Waals surface area contributed by atoms with Crippen molar-refractivity contribution in [2.24, 2.45) is 0 Å². The predicted octanol–water partition coefficient (Wildman–Crippen LogP) is 2.37. The molecule has 1 aromatic rings. The van der Waals surface area contributed by atoms with Crippen LogP contribution in [0.3, 0.4) is 0 Å². The lowest BCUT2D eigenvalue weighted by molar-refractivity contribution is 0.314. The average molecular weight is 260 g/mol. The molecule has 3 nitrogen and oxygen atoms in total. The van der Waals surface area contributed by atoms with Crippen molar-refractivity contribution in [3.63, 3.8) is 0 Å². The molecule has 1 fully saturated rings. The van der Waals surface area contributed by atoms with Gasteiger partial charge in [-0.2, -0.15) is 0 Å². The molecule has 1 aromatic carbocycles. The molecule has 1 saturated carbocycles. The molecule has 3 rings (SSSR count). The normalized spacial score (nSPS) is 21.7. The fourth-order valence-electron chi connectivity index (χ4n) is 3.03. The third-order valence-corrected chi connectivity index (χ3v) is 4.46. The molecule has 0 spiro atoms. The average Bonchev–Trinajstić information content (AvgIpc) is 3.21. The summed E-state index contributed by atoms with van der Waals surface area (Å²) >= 11 is 0. The van der Waals surface area contributed by atoms with Crippen LogP contribution in [0.5, 0.6) is 5.75 Å². The molecule has 2 aliphatic rings. The van der Waals surface area contributed by atoms with Crippen molar-refractivity contribution in [1.29, 1.82) is 0 Å². The molecule has 0 amide bonds. The van der Waals surface area contributed by atoms with Gasteiger partial charge in [-0.15, -0.1) is 0 Å². The van der Waals surface area contributed by atoms with E-state index >= 15 is 0 Å². The van der Waals surface area contributed by atoms with E-state index in [1.807, 2.05) is 0 Å². The van der Waals surface area contributed by atoms with E-state index in [4.69, 9.17) is 4.74 Å². The highest BCUT2D eigenvalue weighted by atomic mass is 16.5. The van der Waals surface area contributed by atoms with Gasteiger partial charge in [0.15, 0.2) is 0 Å². The molecule has 0 radical (unpaired) electrons. The van der Waals surface area contributed by atoms with Crippen molar-refractivity contribution >= 4 is 0 Å². The summed E-state index contributed by atoms with van der Waals surface area (Å²) in [5, 5.41) is 3.71. The number of rotatable bonds is 6. The highest BCUT2D eigenvalue weighted by molar-refractivity contribution is 5.40. The molecular weight excluding hydrogens is 236 g/mol. The minimum Gasteiger partial charge on any atom is -0.497 e. The number of nitrogens with zero attached hydrogens (tertiary/aromatic N) is 1. The molecule has 0 heterocycles. The standard InChI is InChI=1S/C16H24N2O/c1-18(13-5-6-13)10-9-17-16-8-4-12-3-7-14(19-2)11-15(12)16/h3,7,11,13,16-17H,4-6,8-10H2,1-2H3. The molecule has 1 unspecified atom stereocenters. The van der Waals surface area contributed by atoms with Crippen molar-refractivity contribution in [3.8, 4) is 5.75 Å². The summed E-state index contributed by atoms with van der Waals surface area (Å²) < 4.78 is 5.33. The highest BCUT2D eigenvalue weighted by Gasteiger charge is 2.26. The van der Waals surface area contributed by atoms with Gasteiger partial charge in [0, 0.05) is 25.2 Å². The number of hydrogen-bond donors (Lipinski definition) is 1. The van der Waals surface area contributed by atoms with E-state index < -0.39 is 0 Å². The first-order valence-electron chi connectivity index (χ1n) is 7.38. The van der Waals surface area contributed by atoms with E-state index in [1.165, 1.54) is 36.8 Å². The van der Waals surface area contributed by atoms with E-state index in [2.05, 4.69) is 35.5 Å². The van der Waals surface area contributed by atoms with E-state index in [1.54, 1.807) is 7.11 Å². The number of nitrogens with one attached hydrogen (secondary N) is 1. The number of hydrogen-bond acceptors (Lipinski definition) is 3. The van der Waals surface area contributed by atoms with E-state index in [0.717, 1.165) is 24.9 Å². The van der Waals surface area contributed by atoms with Gasteiger partial charge in [0.25, 0.3) is 0 Å². The van der Waals surface area contributed by atoms with Gasteiger partial charge in [-0.25, -0.2) is 0 Å². The van der Waals surface area contributed by atoms with E-state index in [9.17, 15) is 0 Å². The zero-order chi connectivity index (χ0) is 13.2. The van der Waals surface area contributed by atoms with Crippen molar-refractivity contribution in [3.05, 3.63) is 29.3 Å². The van der Waals surface area contributed by atoms with Gasteiger partial charge < -0.3 is 15.0 Å². The molecule has 0 bridgehead atoms. The van der Waals surface area contributed by atoms with E-state index in [0.29, 0.717) is 6.04 Å². The minimum absolute atomic E-state index is 0.512. The van der Waals surface area contributed by atoms with Gasteiger partial charge in [-0.05, 0) is 56.0 Å². The summed E-state index contributed by atoms with van der Waals surface area (Å²) in [4.78, 5) is 2.48. The summed E-state index contributed by atoms with van der Waals surface area (Å²) in [6, 6.07) is 7.86. The Morgan fingerprint density at radius 3 is 2.89 bits per heavy atom. The van der Waals surface area contributed by atoms with Crippen molar-refractivity contribution in [2.75, 3.05) is 27.2 Å². The Morgan fingerprint density at radius 2 is 2.16 bits per heavy atom. The number of fused-ring (bicyclic) bond motifs is 1. The van der Waals surface area contributed by atoms with Crippen LogP contribution in [0.4, 0.5) is 0 Å². The maximum absolute atomic E-state index is 5.33. The second kappa shape index (κ2) is 5.51. The molecule has 104 valence electrons. The van der Waals surface area contributed by atoms with Crippen LogP contribution in [0.15, 0.2) is 18.2 Å². The summed E-state index contributed by atoms with van der Waals surface area (Å²) in [6.45, 7) is 2.23. The quantitative estimate of drug-likeness (QED) is 0.850. The van der Waals surface area contributed by atoms with Crippen LogP contribution < -0.4 is 10.1 Å². The SMILES string of the molecule is COc1ccc2c(c1)C(NCCN(C)C1CC1)CC2. The maximum atomic E-state index is 5.33. The molecular formula is C16H24N2O. The monoisotopic (exact) mass is 260 g/mol. The Morgan fingerprint density at radius 1 is 1.32 bits per heavy atom. The van der Waals surface area contributed by atoms with Gasteiger partial charge in [0.2, 0.25) is 0 Å². The summed E-state index contributed by atoms with van der Waals surface area (Å²) in [7, 11) is 3.98. The molecule has 0 aliphatic heterocycles. The van der Waals surface area contributed by atoms with Crippen molar-refractivity contribution < 1.29 is 4.74 Å². The molecule has 2 aliphatic carbocycles. The number of benzene rings is 1. The van der Waals surface area contributed by atoms with Crippen LogP contribution >= 0.6 is 0 Å². The number of likely N-dealkylation sites (N-methyl/N-ethyl adjacent to an activating group) is 1. The predicted molar refractivity (Wildman–Crippen MR) is 77.7 cm³/mol. The topological polar surface area (TPSA) is 24.5 Å². The Bertz CT molecular complexity index is 442. The highest BCUT2D eigenvalue weighted by Crippen LogP contribution is 2.33. The second-order valence-corrected chi connectivity index (χ2v) is 5.82. The minimum atomic E-state index is 0.512. The molecule has 3 heteroatoms.